The molecule has 3 N–H and O–H groups in total. The number of likely N-dealkylation sites (N-methyl/N-ethyl adjacent to an activating group) is 1. The Kier molecular flexibility index (Phi) is 8.25. The van der Waals surface area contributed by atoms with Gasteiger partial charge < -0.3 is 25.0 Å². The van der Waals surface area contributed by atoms with Crippen molar-refractivity contribution in [1.82, 2.24) is 20.2 Å². The lowest BCUT2D eigenvalue weighted by molar-refractivity contribution is -0.137. The molecule has 3 aromatic rings. The van der Waals surface area contributed by atoms with Crippen LogP contribution < -0.4 is 10.1 Å². The molecule has 3 atom stereocenters. The average Bonchev–Trinajstić information content (AvgIpc) is 3.22. The first kappa shape index (κ1) is 23.8. The van der Waals surface area contributed by atoms with Crippen molar-refractivity contribution < 1.29 is 14.6 Å². The summed E-state index contributed by atoms with van der Waals surface area (Å²) in [5.41, 5.74) is 2.85. The fourth-order valence-corrected chi connectivity index (χ4v) is 3.89. The van der Waals surface area contributed by atoms with E-state index in [-0.39, 0.29) is 11.9 Å². The number of benzene rings is 1. The summed E-state index contributed by atoms with van der Waals surface area (Å²) in [7, 11) is 0. The highest BCUT2D eigenvalue weighted by atomic mass is 16.5. The first-order chi connectivity index (χ1) is 15.4. The quantitative estimate of drug-likeness (QED) is 0.427. The van der Waals surface area contributed by atoms with Gasteiger partial charge in [0.2, 0.25) is 0 Å². The first-order valence-corrected chi connectivity index (χ1v) is 11.3. The van der Waals surface area contributed by atoms with Crippen molar-refractivity contribution in [3.05, 3.63) is 60.0 Å². The van der Waals surface area contributed by atoms with Crippen molar-refractivity contribution in [2.24, 2.45) is 0 Å². The topological polar surface area (TPSA) is 90.5 Å². The summed E-state index contributed by atoms with van der Waals surface area (Å²) in [6.07, 6.45) is 5.01. The maximum absolute atomic E-state index is 12.6. The molecule has 7 nitrogen and oxygen atoms in total. The molecule has 0 spiro atoms. The lowest BCUT2D eigenvalue weighted by Crippen LogP contribution is -2.40. The highest BCUT2D eigenvalue weighted by molar-refractivity contribution is 5.89. The molecule has 1 aromatic carbocycles. The van der Waals surface area contributed by atoms with Crippen molar-refractivity contribution in [3.63, 3.8) is 0 Å². The third kappa shape index (κ3) is 5.66. The number of pyridine rings is 1. The highest BCUT2D eigenvalue weighted by Crippen LogP contribution is 2.29. The SMILES string of the molecule is CCN(CC)C(=O)C(C)Oc1cccc2c(C[C@@H](C)NC[C@H](O)c3cccnc3)c[nH]c12. The van der Waals surface area contributed by atoms with Crippen LogP contribution in [-0.2, 0) is 11.2 Å². The zero-order valence-corrected chi connectivity index (χ0v) is 19.3. The highest BCUT2D eigenvalue weighted by Gasteiger charge is 2.21. The molecular formula is C25H34N4O3. The second-order valence-electron chi connectivity index (χ2n) is 8.08. The van der Waals surface area contributed by atoms with Crippen LogP contribution in [-0.4, -0.2) is 57.7 Å². The van der Waals surface area contributed by atoms with Crippen LogP contribution in [0.1, 0.15) is 44.9 Å². The molecule has 3 rings (SSSR count). The van der Waals surface area contributed by atoms with Crippen LogP contribution in [0.2, 0.25) is 0 Å². The van der Waals surface area contributed by atoms with Crippen molar-refractivity contribution >= 4 is 16.8 Å². The van der Waals surface area contributed by atoms with Crippen molar-refractivity contribution in [2.45, 2.75) is 52.4 Å². The van der Waals surface area contributed by atoms with Crippen molar-refractivity contribution in [2.75, 3.05) is 19.6 Å². The molecule has 7 heteroatoms. The molecule has 0 aliphatic rings. The number of aromatic nitrogens is 2. The minimum Gasteiger partial charge on any atom is -0.479 e. The molecule has 0 saturated heterocycles. The number of fused-ring (bicyclic) bond motifs is 1. The second kappa shape index (κ2) is 11.1. The van der Waals surface area contributed by atoms with E-state index in [1.807, 2.05) is 44.3 Å². The Bertz CT molecular complexity index is 1000. The van der Waals surface area contributed by atoms with E-state index in [9.17, 15) is 9.90 Å². The Balaban J connectivity index is 1.64. The van der Waals surface area contributed by atoms with Crippen LogP contribution in [0.25, 0.3) is 10.9 Å². The number of aromatic amines is 1. The Hall–Kier alpha value is -2.90. The number of para-hydroxylation sites is 1. The predicted octanol–water partition coefficient (Wildman–Crippen LogP) is 3.45. The number of rotatable bonds is 11. The summed E-state index contributed by atoms with van der Waals surface area (Å²) in [4.78, 5) is 21.7. The van der Waals surface area contributed by atoms with Gasteiger partial charge in [-0.1, -0.05) is 18.2 Å². The summed E-state index contributed by atoms with van der Waals surface area (Å²) < 4.78 is 6.04. The molecule has 32 heavy (non-hydrogen) atoms. The van der Waals surface area contributed by atoms with Gasteiger partial charge in [0, 0.05) is 55.2 Å². The van der Waals surface area contributed by atoms with Crippen LogP contribution >= 0.6 is 0 Å². The van der Waals surface area contributed by atoms with Gasteiger partial charge >= 0.3 is 0 Å². The van der Waals surface area contributed by atoms with Crippen molar-refractivity contribution in [3.8, 4) is 5.75 Å². The summed E-state index contributed by atoms with van der Waals surface area (Å²) in [6.45, 7) is 9.62. The fourth-order valence-electron chi connectivity index (χ4n) is 3.89. The zero-order chi connectivity index (χ0) is 23.1. The standard InChI is InChI=1S/C25H34N4O3/c1-5-29(6-2)25(31)18(4)32-23-11-7-10-21-20(15-28-24(21)23)13-17(3)27-16-22(30)19-9-8-12-26-14-19/h7-12,14-15,17-18,22,27-28,30H,5-6,13,16H2,1-4H3/t17-,18?,22+/m1/s1. The largest absolute Gasteiger partial charge is 0.479 e. The van der Waals surface area contributed by atoms with E-state index in [1.165, 1.54) is 0 Å². The third-order valence-corrected chi connectivity index (χ3v) is 5.74. The molecule has 0 aliphatic carbocycles. The lowest BCUT2D eigenvalue weighted by Gasteiger charge is -2.23. The molecule has 1 amide bonds. The number of H-pyrrole nitrogens is 1. The van der Waals surface area contributed by atoms with E-state index >= 15 is 0 Å². The number of nitrogens with zero attached hydrogens (tertiary/aromatic N) is 2. The summed E-state index contributed by atoms with van der Waals surface area (Å²) in [5, 5.41) is 14.8. The third-order valence-electron chi connectivity index (χ3n) is 5.74. The van der Waals surface area contributed by atoms with Crippen LogP contribution in [0.5, 0.6) is 5.75 Å². The molecular weight excluding hydrogens is 404 g/mol. The predicted molar refractivity (Wildman–Crippen MR) is 127 cm³/mol. The Morgan fingerprint density at radius 2 is 2.00 bits per heavy atom. The van der Waals surface area contributed by atoms with Gasteiger partial charge in [-0.3, -0.25) is 9.78 Å². The van der Waals surface area contributed by atoms with Gasteiger partial charge in [0.1, 0.15) is 5.75 Å². The van der Waals surface area contributed by atoms with Gasteiger partial charge in [-0.05, 0) is 51.8 Å². The van der Waals surface area contributed by atoms with E-state index in [0.717, 1.165) is 28.5 Å². The number of aliphatic hydroxyl groups excluding tert-OH is 1. The molecule has 2 aromatic heterocycles. The summed E-state index contributed by atoms with van der Waals surface area (Å²) in [6, 6.07) is 9.76. The van der Waals surface area contributed by atoms with Gasteiger partial charge in [0.25, 0.3) is 5.91 Å². The Morgan fingerprint density at radius 3 is 2.69 bits per heavy atom. The number of carbonyl (C=O) groups is 1. The lowest BCUT2D eigenvalue weighted by atomic mass is 10.1. The van der Waals surface area contributed by atoms with E-state index in [4.69, 9.17) is 4.74 Å². The number of nitrogens with one attached hydrogen (secondary N) is 2. The number of aliphatic hydroxyl groups is 1. The van der Waals surface area contributed by atoms with E-state index in [0.29, 0.717) is 25.4 Å². The van der Waals surface area contributed by atoms with Crippen LogP contribution in [0.15, 0.2) is 48.9 Å². The number of hydrogen-bond donors (Lipinski definition) is 3. The zero-order valence-electron chi connectivity index (χ0n) is 19.3. The minimum absolute atomic E-state index is 0.0104. The van der Waals surface area contributed by atoms with Gasteiger partial charge in [-0.25, -0.2) is 0 Å². The minimum atomic E-state index is -0.598. The summed E-state index contributed by atoms with van der Waals surface area (Å²) >= 11 is 0. The maximum Gasteiger partial charge on any atom is 0.263 e. The smallest absolute Gasteiger partial charge is 0.263 e. The molecule has 0 fully saturated rings. The summed E-state index contributed by atoms with van der Waals surface area (Å²) in [5.74, 6) is 0.665. The molecule has 1 unspecified atom stereocenters. The number of carbonyl (C=O) groups excluding carboxylic acids is 1. The van der Waals surface area contributed by atoms with Gasteiger partial charge in [-0.2, -0.15) is 0 Å². The van der Waals surface area contributed by atoms with Crippen LogP contribution in [0.3, 0.4) is 0 Å². The molecule has 2 heterocycles. The van der Waals surface area contributed by atoms with Gasteiger partial charge in [0.05, 0.1) is 11.6 Å². The van der Waals surface area contributed by atoms with Crippen LogP contribution in [0.4, 0.5) is 0 Å². The second-order valence-corrected chi connectivity index (χ2v) is 8.08. The monoisotopic (exact) mass is 438 g/mol. The number of ether oxygens (including phenoxy) is 1. The number of hydrogen-bond acceptors (Lipinski definition) is 5. The Morgan fingerprint density at radius 1 is 1.22 bits per heavy atom. The van der Waals surface area contributed by atoms with Crippen molar-refractivity contribution in [1.29, 1.82) is 0 Å². The molecule has 0 aliphatic heterocycles. The average molecular weight is 439 g/mol. The Labute approximate surface area is 189 Å². The van der Waals surface area contributed by atoms with E-state index in [2.05, 4.69) is 28.3 Å². The first-order valence-electron chi connectivity index (χ1n) is 11.3. The maximum atomic E-state index is 12.6. The van der Waals surface area contributed by atoms with Gasteiger partial charge in [0.15, 0.2) is 6.10 Å². The van der Waals surface area contributed by atoms with E-state index < -0.39 is 12.2 Å². The molecule has 0 bridgehead atoms. The normalized spacial score (nSPS) is 14.2. The van der Waals surface area contributed by atoms with Crippen LogP contribution in [0, 0.1) is 0 Å². The fraction of sp³-hybridized carbons (Fsp3) is 0.440. The number of amides is 1. The van der Waals surface area contributed by atoms with Gasteiger partial charge in [-0.15, -0.1) is 0 Å². The molecule has 0 radical (unpaired) electrons. The molecule has 0 saturated carbocycles. The molecule has 172 valence electrons. The van der Waals surface area contributed by atoms with E-state index in [1.54, 1.807) is 24.2 Å².